The van der Waals surface area contributed by atoms with Crippen molar-refractivity contribution in [1.82, 2.24) is 0 Å². The predicted octanol–water partition coefficient (Wildman–Crippen LogP) is 4.96. The summed E-state index contributed by atoms with van der Waals surface area (Å²) in [6.45, 7) is 6.75. The number of benzene rings is 2. The highest BCUT2D eigenvalue weighted by molar-refractivity contribution is 6.04. The van der Waals surface area contributed by atoms with Gasteiger partial charge in [-0.1, -0.05) is 31.4 Å². The van der Waals surface area contributed by atoms with Crippen molar-refractivity contribution in [3.8, 4) is 23.0 Å². The van der Waals surface area contributed by atoms with Gasteiger partial charge in [0.1, 0.15) is 11.5 Å². The molecule has 3 rings (SSSR count). The first-order valence-electron chi connectivity index (χ1n) is 10.9. The highest BCUT2D eigenvalue weighted by atomic mass is 16.6. The summed E-state index contributed by atoms with van der Waals surface area (Å²) in [6.07, 6.45) is 8.98. The fourth-order valence-electron chi connectivity index (χ4n) is 3.60. The lowest BCUT2D eigenvalue weighted by Gasteiger charge is -2.09. The van der Waals surface area contributed by atoms with E-state index in [9.17, 15) is 14.4 Å². The Kier molecular flexibility index (Phi) is 8.40. The number of methoxy groups -OCH3 is 2. The van der Waals surface area contributed by atoms with E-state index >= 15 is 0 Å². The second-order valence-corrected chi connectivity index (χ2v) is 7.60. The molecule has 7 nitrogen and oxygen atoms in total. The highest BCUT2D eigenvalue weighted by Crippen LogP contribution is 2.34. The molecular weight excluding hydrogens is 448 g/mol. The lowest BCUT2D eigenvalue weighted by atomic mass is 10.0. The van der Waals surface area contributed by atoms with Crippen LogP contribution in [-0.2, 0) is 14.4 Å². The second-order valence-electron chi connectivity index (χ2n) is 7.60. The molecule has 1 fully saturated rings. The molecule has 35 heavy (non-hydrogen) atoms. The van der Waals surface area contributed by atoms with Gasteiger partial charge in [0.2, 0.25) is 0 Å². The van der Waals surface area contributed by atoms with Crippen LogP contribution in [0, 0.1) is 5.92 Å². The molecule has 0 heterocycles. The molecule has 0 aliphatic heterocycles. The molecule has 2 aromatic rings. The molecule has 180 valence electrons. The van der Waals surface area contributed by atoms with E-state index in [0.717, 1.165) is 17.7 Å². The third-order valence-electron chi connectivity index (χ3n) is 5.38. The molecule has 0 saturated heterocycles. The van der Waals surface area contributed by atoms with E-state index in [2.05, 4.69) is 13.2 Å². The monoisotopic (exact) mass is 474 g/mol. The van der Waals surface area contributed by atoms with Crippen LogP contribution in [0.5, 0.6) is 23.0 Å². The lowest BCUT2D eigenvalue weighted by molar-refractivity contribution is -0.129. The summed E-state index contributed by atoms with van der Waals surface area (Å²) in [5, 5.41) is 0. The molecule has 0 bridgehead atoms. The standard InChI is InChI=1S/C28H26O7/c1-5-26(29)34-22-13-12-20(24(17-22)32-3)16-21-11-10-19(28(21)31)9-7-18-8-14-23(25(15-18)33-4)35-27(30)6-2/h5-9,12-17,19H,1-2,10-11H2,3-4H3/b9-7+,21-16?. The summed E-state index contributed by atoms with van der Waals surface area (Å²) in [5.41, 5.74) is 2.21. The first-order valence-corrected chi connectivity index (χ1v) is 10.9. The van der Waals surface area contributed by atoms with Crippen molar-refractivity contribution in [2.24, 2.45) is 5.92 Å². The van der Waals surface area contributed by atoms with E-state index in [1.54, 1.807) is 42.5 Å². The molecule has 7 heteroatoms. The van der Waals surface area contributed by atoms with E-state index in [1.165, 1.54) is 14.2 Å². The number of esters is 2. The third-order valence-corrected chi connectivity index (χ3v) is 5.38. The normalized spacial score (nSPS) is 16.2. The lowest BCUT2D eigenvalue weighted by Crippen LogP contribution is -2.05. The number of rotatable bonds is 9. The zero-order chi connectivity index (χ0) is 25.4. The van der Waals surface area contributed by atoms with E-state index in [4.69, 9.17) is 18.9 Å². The minimum atomic E-state index is -0.577. The fraction of sp³-hybridized carbons (Fsp3) is 0.179. The molecule has 0 aromatic heterocycles. The number of hydrogen-bond acceptors (Lipinski definition) is 7. The minimum absolute atomic E-state index is 0.0361. The second kappa shape index (κ2) is 11.7. The van der Waals surface area contributed by atoms with Crippen molar-refractivity contribution in [1.29, 1.82) is 0 Å². The largest absolute Gasteiger partial charge is 0.496 e. The van der Waals surface area contributed by atoms with Crippen LogP contribution in [0.1, 0.15) is 24.0 Å². The summed E-state index contributed by atoms with van der Waals surface area (Å²) in [4.78, 5) is 35.9. The maximum Gasteiger partial charge on any atom is 0.335 e. The molecular formula is C28H26O7. The number of carbonyl (C=O) groups is 3. The Hall–Kier alpha value is -4.39. The molecule has 1 aliphatic carbocycles. The van der Waals surface area contributed by atoms with Crippen LogP contribution in [0.25, 0.3) is 12.2 Å². The Morgan fingerprint density at radius 3 is 2.31 bits per heavy atom. The Morgan fingerprint density at radius 2 is 1.63 bits per heavy atom. The smallest absolute Gasteiger partial charge is 0.335 e. The molecule has 0 spiro atoms. The van der Waals surface area contributed by atoms with Gasteiger partial charge in [0, 0.05) is 29.7 Å². The van der Waals surface area contributed by atoms with Gasteiger partial charge in [0.15, 0.2) is 17.3 Å². The molecule has 1 saturated carbocycles. The third kappa shape index (κ3) is 6.35. The van der Waals surface area contributed by atoms with Crippen LogP contribution >= 0.6 is 0 Å². The van der Waals surface area contributed by atoms with Gasteiger partial charge in [-0.15, -0.1) is 0 Å². The minimum Gasteiger partial charge on any atom is -0.496 e. The number of ketones is 1. The van der Waals surface area contributed by atoms with Gasteiger partial charge < -0.3 is 18.9 Å². The molecule has 0 amide bonds. The van der Waals surface area contributed by atoms with Crippen LogP contribution in [0.2, 0.25) is 0 Å². The number of hydrogen-bond donors (Lipinski definition) is 0. The SMILES string of the molecule is C=CC(=O)Oc1ccc(C=C2CCC(/C=C/c3ccc(OC(=O)C=C)c(OC)c3)C2=O)c(OC)c1. The summed E-state index contributed by atoms with van der Waals surface area (Å²) in [7, 11) is 2.99. The summed E-state index contributed by atoms with van der Waals surface area (Å²) in [6, 6.07) is 10.1. The number of ether oxygens (including phenoxy) is 4. The summed E-state index contributed by atoms with van der Waals surface area (Å²) < 4.78 is 21.0. The van der Waals surface area contributed by atoms with Crippen molar-refractivity contribution in [3.05, 3.63) is 84.5 Å². The zero-order valence-electron chi connectivity index (χ0n) is 19.6. The zero-order valence-corrected chi connectivity index (χ0v) is 19.6. The molecule has 2 aromatic carbocycles. The molecule has 0 N–H and O–H groups in total. The van der Waals surface area contributed by atoms with Gasteiger partial charge >= 0.3 is 11.9 Å². The van der Waals surface area contributed by atoms with Crippen LogP contribution in [-0.4, -0.2) is 31.9 Å². The Morgan fingerprint density at radius 1 is 0.914 bits per heavy atom. The first-order chi connectivity index (χ1) is 16.9. The predicted molar refractivity (Wildman–Crippen MR) is 132 cm³/mol. The maximum absolute atomic E-state index is 13.0. The van der Waals surface area contributed by atoms with Gasteiger partial charge in [0.05, 0.1) is 14.2 Å². The van der Waals surface area contributed by atoms with Gasteiger partial charge in [-0.2, -0.15) is 0 Å². The molecule has 1 aliphatic rings. The first kappa shape index (κ1) is 25.2. The Balaban J connectivity index is 1.74. The van der Waals surface area contributed by atoms with Crippen molar-refractivity contribution in [2.45, 2.75) is 12.8 Å². The maximum atomic E-state index is 13.0. The van der Waals surface area contributed by atoms with Crippen LogP contribution < -0.4 is 18.9 Å². The van der Waals surface area contributed by atoms with Crippen LogP contribution in [0.15, 0.2) is 73.4 Å². The summed E-state index contributed by atoms with van der Waals surface area (Å²) >= 11 is 0. The van der Waals surface area contributed by atoms with Crippen molar-refractivity contribution in [3.63, 3.8) is 0 Å². The van der Waals surface area contributed by atoms with Crippen molar-refractivity contribution < 1.29 is 33.3 Å². The van der Waals surface area contributed by atoms with E-state index in [1.807, 2.05) is 12.2 Å². The van der Waals surface area contributed by atoms with Gasteiger partial charge in [-0.3, -0.25) is 4.79 Å². The topological polar surface area (TPSA) is 88.1 Å². The molecule has 1 unspecified atom stereocenters. The number of allylic oxidation sites excluding steroid dienone is 2. The van der Waals surface area contributed by atoms with Gasteiger partial charge in [-0.25, -0.2) is 9.59 Å². The average Bonchev–Trinajstić information content (AvgIpc) is 3.22. The van der Waals surface area contributed by atoms with Crippen LogP contribution in [0.3, 0.4) is 0 Å². The highest BCUT2D eigenvalue weighted by Gasteiger charge is 2.27. The van der Waals surface area contributed by atoms with Gasteiger partial charge in [-0.05, 0) is 54.3 Å². The Labute approximate surface area is 204 Å². The van der Waals surface area contributed by atoms with Gasteiger partial charge in [0.25, 0.3) is 0 Å². The number of carbonyl (C=O) groups excluding carboxylic acids is 3. The molecule has 1 atom stereocenters. The average molecular weight is 475 g/mol. The summed E-state index contributed by atoms with van der Waals surface area (Å²) in [5.74, 6) is 0.135. The quantitative estimate of drug-likeness (QED) is 0.288. The van der Waals surface area contributed by atoms with E-state index < -0.39 is 11.9 Å². The molecule has 0 radical (unpaired) electrons. The fourth-order valence-corrected chi connectivity index (χ4v) is 3.60. The Bertz CT molecular complexity index is 1220. The van der Waals surface area contributed by atoms with Crippen molar-refractivity contribution >= 4 is 29.9 Å². The number of Topliss-reactive ketones (excluding diaryl/α,β-unsaturated/α-hetero) is 1. The van der Waals surface area contributed by atoms with E-state index in [-0.39, 0.29) is 17.5 Å². The van der Waals surface area contributed by atoms with Crippen molar-refractivity contribution in [2.75, 3.05) is 14.2 Å². The van der Waals surface area contributed by atoms with E-state index in [0.29, 0.717) is 41.2 Å². The van der Waals surface area contributed by atoms with Crippen LogP contribution in [0.4, 0.5) is 0 Å².